The second kappa shape index (κ2) is 8.16. The molecule has 0 aliphatic carbocycles. The highest BCUT2D eigenvalue weighted by molar-refractivity contribution is 5.48. The monoisotopic (exact) mass is 263 g/mol. The fraction of sp³-hybridized carbons (Fsp3) is 0.688. The van der Waals surface area contributed by atoms with Crippen molar-refractivity contribution >= 4 is 5.82 Å². The average Bonchev–Trinajstić information content (AvgIpc) is 2.44. The van der Waals surface area contributed by atoms with E-state index in [1.165, 1.54) is 18.4 Å². The van der Waals surface area contributed by atoms with E-state index in [1.54, 1.807) is 0 Å². The molecule has 0 aliphatic rings. The predicted octanol–water partition coefficient (Wildman–Crippen LogP) is 3.77. The third-order valence-electron chi connectivity index (χ3n) is 3.69. The number of aromatic nitrogens is 1. The van der Waals surface area contributed by atoms with E-state index in [2.05, 4.69) is 56.0 Å². The Labute approximate surface area is 118 Å². The largest absolute Gasteiger partial charge is 0.357 e. The molecule has 0 spiro atoms. The highest BCUT2D eigenvalue weighted by Gasteiger charge is 2.17. The van der Waals surface area contributed by atoms with E-state index in [0.717, 1.165) is 18.8 Å². The van der Waals surface area contributed by atoms with Crippen LogP contribution in [0.5, 0.6) is 0 Å². The number of nitrogens with zero attached hydrogens (tertiary/aromatic N) is 2. The molecule has 1 aromatic rings. The van der Waals surface area contributed by atoms with Crippen LogP contribution in [0.25, 0.3) is 0 Å². The maximum Gasteiger partial charge on any atom is 0.133 e. The highest BCUT2D eigenvalue weighted by atomic mass is 15.2. The molecule has 2 unspecified atom stereocenters. The molecule has 2 atom stereocenters. The van der Waals surface area contributed by atoms with Crippen molar-refractivity contribution < 1.29 is 0 Å². The van der Waals surface area contributed by atoms with Gasteiger partial charge in [-0.3, -0.25) is 0 Å². The quantitative estimate of drug-likeness (QED) is 0.774. The van der Waals surface area contributed by atoms with Crippen molar-refractivity contribution in [2.24, 2.45) is 0 Å². The number of hydrogen-bond acceptors (Lipinski definition) is 3. The lowest BCUT2D eigenvalue weighted by Gasteiger charge is -2.29. The third-order valence-corrected chi connectivity index (χ3v) is 3.69. The Morgan fingerprint density at radius 1 is 1.26 bits per heavy atom. The van der Waals surface area contributed by atoms with E-state index in [4.69, 9.17) is 0 Å². The van der Waals surface area contributed by atoms with Crippen molar-refractivity contribution in [3.8, 4) is 0 Å². The van der Waals surface area contributed by atoms with E-state index in [-0.39, 0.29) is 0 Å². The number of anilines is 1. The zero-order chi connectivity index (χ0) is 14.3. The van der Waals surface area contributed by atoms with Crippen LogP contribution in [0.3, 0.4) is 0 Å². The van der Waals surface area contributed by atoms with Gasteiger partial charge in [-0.25, -0.2) is 4.98 Å². The molecule has 0 aliphatic heterocycles. The van der Waals surface area contributed by atoms with Crippen molar-refractivity contribution in [2.45, 2.75) is 59.0 Å². The molecular weight excluding hydrogens is 234 g/mol. The van der Waals surface area contributed by atoms with Gasteiger partial charge in [0.15, 0.2) is 0 Å². The first-order chi connectivity index (χ1) is 9.11. The Morgan fingerprint density at radius 3 is 2.63 bits per heavy atom. The van der Waals surface area contributed by atoms with E-state index in [0.29, 0.717) is 12.1 Å². The molecule has 1 heterocycles. The molecule has 0 bridgehead atoms. The van der Waals surface area contributed by atoms with Gasteiger partial charge in [0, 0.05) is 30.9 Å². The minimum atomic E-state index is 0.347. The summed E-state index contributed by atoms with van der Waals surface area (Å²) < 4.78 is 0. The lowest BCUT2D eigenvalue weighted by Crippen LogP contribution is -2.31. The number of rotatable bonds is 8. The molecule has 0 aromatic carbocycles. The summed E-state index contributed by atoms with van der Waals surface area (Å²) >= 11 is 0. The van der Waals surface area contributed by atoms with Crippen LogP contribution in [-0.2, 0) is 0 Å². The molecule has 1 N–H and O–H groups in total. The smallest absolute Gasteiger partial charge is 0.133 e. The van der Waals surface area contributed by atoms with Crippen LogP contribution < -0.4 is 10.2 Å². The van der Waals surface area contributed by atoms with Crippen LogP contribution in [0.1, 0.15) is 58.6 Å². The first kappa shape index (κ1) is 16.0. The molecule has 0 amide bonds. The average molecular weight is 263 g/mol. The maximum absolute atomic E-state index is 4.60. The molecule has 1 aromatic heterocycles. The zero-order valence-electron chi connectivity index (χ0n) is 13.1. The number of hydrogen-bond donors (Lipinski definition) is 1. The van der Waals surface area contributed by atoms with Gasteiger partial charge in [0.05, 0.1) is 0 Å². The Kier molecular flexibility index (Phi) is 6.85. The first-order valence-corrected chi connectivity index (χ1v) is 7.52. The summed E-state index contributed by atoms with van der Waals surface area (Å²) in [6.07, 6.45) is 5.45. The molecule has 3 nitrogen and oxygen atoms in total. The van der Waals surface area contributed by atoms with Crippen molar-refractivity contribution in [1.82, 2.24) is 10.3 Å². The van der Waals surface area contributed by atoms with E-state index >= 15 is 0 Å². The summed E-state index contributed by atoms with van der Waals surface area (Å²) in [6, 6.07) is 5.09. The number of nitrogens with one attached hydrogen (secondary N) is 1. The summed E-state index contributed by atoms with van der Waals surface area (Å²) in [4.78, 5) is 6.91. The SMILES string of the molecule is CCCNC(C)c1cccnc1N(C)C(C)CCC. The predicted molar refractivity (Wildman–Crippen MR) is 83.7 cm³/mol. The Bertz CT molecular complexity index is 365. The van der Waals surface area contributed by atoms with Gasteiger partial charge in [0.25, 0.3) is 0 Å². The lowest BCUT2D eigenvalue weighted by atomic mass is 10.1. The second-order valence-corrected chi connectivity index (χ2v) is 5.34. The van der Waals surface area contributed by atoms with Crippen LogP contribution in [0, 0.1) is 0 Å². The number of pyridine rings is 1. The molecule has 0 fully saturated rings. The first-order valence-electron chi connectivity index (χ1n) is 7.52. The summed E-state index contributed by atoms with van der Waals surface area (Å²) in [7, 11) is 2.15. The van der Waals surface area contributed by atoms with Crippen LogP contribution in [0.4, 0.5) is 5.82 Å². The minimum Gasteiger partial charge on any atom is -0.357 e. The lowest BCUT2D eigenvalue weighted by molar-refractivity contribution is 0.559. The van der Waals surface area contributed by atoms with Gasteiger partial charge in [0.1, 0.15) is 5.82 Å². The molecule has 19 heavy (non-hydrogen) atoms. The van der Waals surface area contributed by atoms with Crippen LogP contribution in [0.15, 0.2) is 18.3 Å². The van der Waals surface area contributed by atoms with Gasteiger partial charge in [-0.1, -0.05) is 26.3 Å². The Hall–Kier alpha value is -1.09. The van der Waals surface area contributed by atoms with Crippen molar-refractivity contribution in [3.63, 3.8) is 0 Å². The van der Waals surface area contributed by atoms with Gasteiger partial charge < -0.3 is 10.2 Å². The summed E-state index contributed by atoms with van der Waals surface area (Å²) in [6.45, 7) is 9.96. The fourth-order valence-corrected chi connectivity index (χ4v) is 2.33. The van der Waals surface area contributed by atoms with Gasteiger partial charge in [-0.2, -0.15) is 0 Å². The highest BCUT2D eigenvalue weighted by Crippen LogP contribution is 2.25. The van der Waals surface area contributed by atoms with Crippen LogP contribution in [0.2, 0.25) is 0 Å². The van der Waals surface area contributed by atoms with Crippen molar-refractivity contribution in [3.05, 3.63) is 23.9 Å². The summed E-state index contributed by atoms with van der Waals surface area (Å²) in [5, 5.41) is 3.55. The van der Waals surface area contributed by atoms with Crippen LogP contribution in [-0.4, -0.2) is 24.6 Å². The standard InChI is InChI=1S/C16H29N3/c1-6-9-13(3)19(5)16-15(10-8-12-18-16)14(4)17-11-7-2/h8,10,12-14,17H,6-7,9,11H2,1-5H3. The van der Waals surface area contributed by atoms with Crippen molar-refractivity contribution in [1.29, 1.82) is 0 Å². The van der Waals surface area contributed by atoms with Gasteiger partial charge in [-0.15, -0.1) is 0 Å². The molecular formula is C16H29N3. The van der Waals surface area contributed by atoms with Gasteiger partial charge >= 0.3 is 0 Å². The molecule has 3 heteroatoms. The molecule has 108 valence electrons. The molecule has 0 radical (unpaired) electrons. The summed E-state index contributed by atoms with van der Waals surface area (Å²) in [5.41, 5.74) is 1.29. The Morgan fingerprint density at radius 2 is 2.00 bits per heavy atom. The second-order valence-electron chi connectivity index (χ2n) is 5.34. The van der Waals surface area contributed by atoms with E-state index < -0.39 is 0 Å². The summed E-state index contributed by atoms with van der Waals surface area (Å²) in [5.74, 6) is 1.11. The molecule has 0 saturated carbocycles. The third kappa shape index (κ3) is 4.50. The fourth-order valence-electron chi connectivity index (χ4n) is 2.33. The topological polar surface area (TPSA) is 28.2 Å². The van der Waals surface area contributed by atoms with E-state index in [1.807, 2.05) is 12.3 Å². The van der Waals surface area contributed by atoms with Crippen molar-refractivity contribution in [2.75, 3.05) is 18.5 Å². The zero-order valence-corrected chi connectivity index (χ0v) is 13.1. The minimum absolute atomic E-state index is 0.347. The molecule has 0 saturated heterocycles. The Balaban J connectivity index is 2.88. The van der Waals surface area contributed by atoms with Crippen LogP contribution >= 0.6 is 0 Å². The van der Waals surface area contributed by atoms with Gasteiger partial charge in [0.2, 0.25) is 0 Å². The normalized spacial score (nSPS) is 14.2. The molecule has 1 rings (SSSR count). The van der Waals surface area contributed by atoms with E-state index in [9.17, 15) is 0 Å². The maximum atomic E-state index is 4.60. The van der Waals surface area contributed by atoms with Gasteiger partial charge in [-0.05, 0) is 39.3 Å².